The van der Waals surface area contributed by atoms with Crippen molar-refractivity contribution in [2.75, 3.05) is 7.05 Å². The molecule has 20 heavy (non-hydrogen) atoms. The number of halogens is 3. The van der Waals surface area contributed by atoms with Crippen LogP contribution in [0, 0.1) is 38.2 Å². The van der Waals surface area contributed by atoms with Gasteiger partial charge in [-0.15, -0.1) is 0 Å². The van der Waals surface area contributed by atoms with Gasteiger partial charge >= 0.3 is 0 Å². The van der Waals surface area contributed by atoms with Crippen molar-refractivity contribution in [2.45, 2.75) is 26.8 Å². The van der Waals surface area contributed by atoms with Crippen molar-refractivity contribution < 1.29 is 17.6 Å². The standard InChI is InChI=1S/C15H16F3NO/c1-7-8(2)20-9(3)13(7)15(19-4)14-11(17)5-10(16)6-12(14)18/h5-6,15,19H,1-4H3. The molecule has 2 nitrogen and oxygen atoms in total. The van der Waals surface area contributed by atoms with Crippen molar-refractivity contribution in [3.63, 3.8) is 0 Å². The molecule has 0 bridgehead atoms. The maximum Gasteiger partial charge on any atom is 0.134 e. The summed E-state index contributed by atoms with van der Waals surface area (Å²) in [7, 11) is 1.59. The Labute approximate surface area is 115 Å². The van der Waals surface area contributed by atoms with Crippen LogP contribution in [-0.4, -0.2) is 7.05 Å². The van der Waals surface area contributed by atoms with Crippen LogP contribution in [0.4, 0.5) is 13.2 Å². The molecule has 5 heteroatoms. The van der Waals surface area contributed by atoms with Gasteiger partial charge in [-0.1, -0.05) is 0 Å². The molecule has 0 aliphatic carbocycles. The van der Waals surface area contributed by atoms with Gasteiger partial charge in [0.2, 0.25) is 0 Å². The van der Waals surface area contributed by atoms with Gasteiger partial charge in [-0.3, -0.25) is 0 Å². The molecule has 0 saturated carbocycles. The van der Waals surface area contributed by atoms with Gasteiger partial charge in [0, 0.05) is 23.3 Å². The minimum absolute atomic E-state index is 0.207. The monoisotopic (exact) mass is 283 g/mol. The Morgan fingerprint density at radius 2 is 1.50 bits per heavy atom. The first-order valence-electron chi connectivity index (χ1n) is 6.25. The third kappa shape index (κ3) is 2.33. The summed E-state index contributed by atoms with van der Waals surface area (Å²) in [6.45, 7) is 5.35. The van der Waals surface area contributed by atoms with Crippen LogP contribution in [0.1, 0.15) is 34.3 Å². The molecule has 0 fully saturated rings. The van der Waals surface area contributed by atoms with E-state index in [1.54, 1.807) is 20.9 Å². The summed E-state index contributed by atoms with van der Waals surface area (Å²) in [6.07, 6.45) is 0. The van der Waals surface area contributed by atoms with Crippen LogP contribution < -0.4 is 5.32 Å². The summed E-state index contributed by atoms with van der Waals surface area (Å²) >= 11 is 0. The van der Waals surface area contributed by atoms with Crippen LogP contribution in [0.5, 0.6) is 0 Å². The van der Waals surface area contributed by atoms with E-state index in [0.717, 1.165) is 5.56 Å². The van der Waals surface area contributed by atoms with E-state index in [4.69, 9.17) is 4.42 Å². The molecule has 0 radical (unpaired) electrons. The number of nitrogens with one attached hydrogen (secondary N) is 1. The topological polar surface area (TPSA) is 25.2 Å². The third-order valence-corrected chi connectivity index (χ3v) is 3.53. The second-order valence-electron chi connectivity index (χ2n) is 4.76. The molecule has 1 heterocycles. The van der Waals surface area contributed by atoms with E-state index in [-0.39, 0.29) is 5.56 Å². The molecule has 2 aromatic rings. The van der Waals surface area contributed by atoms with E-state index in [2.05, 4.69) is 5.32 Å². The van der Waals surface area contributed by atoms with E-state index >= 15 is 0 Å². The molecule has 1 N–H and O–H groups in total. The van der Waals surface area contributed by atoms with Gasteiger partial charge in [0.15, 0.2) is 0 Å². The van der Waals surface area contributed by atoms with Crippen molar-refractivity contribution in [1.82, 2.24) is 5.32 Å². The van der Waals surface area contributed by atoms with E-state index < -0.39 is 23.5 Å². The van der Waals surface area contributed by atoms with Gasteiger partial charge in [0.25, 0.3) is 0 Å². The number of hydrogen-bond acceptors (Lipinski definition) is 2. The Kier molecular flexibility index (Phi) is 3.90. The van der Waals surface area contributed by atoms with Gasteiger partial charge in [-0.2, -0.15) is 0 Å². The molecular weight excluding hydrogens is 267 g/mol. The Morgan fingerprint density at radius 3 is 1.90 bits per heavy atom. The molecule has 0 saturated heterocycles. The lowest BCUT2D eigenvalue weighted by molar-refractivity contribution is 0.482. The van der Waals surface area contributed by atoms with Crippen LogP contribution in [0.25, 0.3) is 0 Å². The molecular formula is C15H16F3NO. The fraction of sp³-hybridized carbons (Fsp3) is 0.333. The number of furan rings is 1. The zero-order valence-electron chi connectivity index (χ0n) is 11.8. The SMILES string of the molecule is CNC(c1c(F)cc(F)cc1F)c1c(C)oc(C)c1C. The van der Waals surface area contributed by atoms with Gasteiger partial charge in [-0.05, 0) is 33.4 Å². The highest BCUT2D eigenvalue weighted by molar-refractivity contribution is 5.41. The fourth-order valence-electron chi connectivity index (χ4n) is 2.50. The van der Waals surface area contributed by atoms with Crippen LogP contribution in [0.15, 0.2) is 16.5 Å². The molecule has 1 unspecified atom stereocenters. The molecule has 1 atom stereocenters. The number of aryl methyl sites for hydroxylation is 2. The molecule has 0 spiro atoms. The summed E-state index contributed by atoms with van der Waals surface area (Å²) in [6, 6.07) is 0.633. The predicted molar refractivity (Wildman–Crippen MR) is 70.1 cm³/mol. The van der Waals surface area contributed by atoms with Crippen LogP contribution >= 0.6 is 0 Å². The van der Waals surface area contributed by atoms with Crippen molar-refractivity contribution in [3.8, 4) is 0 Å². The zero-order valence-corrected chi connectivity index (χ0v) is 11.8. The van der Waals surface area contributed by atoms with Crippen molar-refractivity contribution in [1.29, 1.82) is 0 Å². The average Bonchev–Trinajstić information content (AvgIpc) is 2.59. The average molecular weight is 283 g/mol. The lowest BCUT2D eigenvalue weighted by atomic mass is 9.94. The summed E-state index contributed by atoms with van der Waals surface area (Å²) in [5.41, 5.74) is 1.29. The smallest absolute Gasteiger partial charge is 0.134 e. The summed E-state index contributed by atoms with van der Waals surface area (Å²) in [4.78, 5) is 0. The Hall–Kier alpha value is -1.75. The van der Waals surface area contributed by atoms with Crippen LogP contribution in [0.3, 0.4) is 0 Å². The number of hydrogen-bond donors (Lipinski definition) is 1. The van der Waals surface area contributed by atoms with Gasteiger partial charge in [-0.25, -0.2) is 13.2 Å². The highest BCUT2D eigenvalue weighted by Gasteiger charge is 2.27. The largest absolute Gasteiger partial charge is 0.466 e. The van der Waals surface area contributed by atoms with Crippen LogP contribution in [0.2, 0.25) is 0 Å². The van der Waals surface area contributed by atoms with Gasteiger partial charge in [0.1, 0.15) is 29.0 Å². The van der Waals surface area contributed by atoms with Gasteiger partial charge in [0.05, 0.1) is 6.04 Å². The Bertz CT molecular complexity index is 626. The molecule has 0 aliphatic rings. The van der Waals surface area contributed by atoms with Gasteiger partial charge < -0.3 is 9.73 Å². The first-order chi connectivity index (χ1) is 9.36. The maximum atomic E-state index is 14.0. The number of rotatable bonds is 3. The lowest BCUT2D eigenvalue weighted by Gasteiger charge is -2.19. The van der Waals surface area contributed by atoms with E-state index in [1.807, 2.05) is 6.92 Å². The fourth-order valence-corrected chi connectivity index (χ4v) is 2.50. The van der Waals surface area contributed by atoms with E-state index in [1.165, 1.54) is 0 Å². The molecule has 108 valence electrons. The molecule has 1 aromatic heterocycles. The lowest BCUT2D eigenvalue weighted by Crippen LogP contribution is -2.21. The normalized spacial score (nSPS) is 12.8. The summed E-state index contributed by atoms with van der Waals surface area (Å²) in [5, 5.41) is 2.87. The quantitative estimate of drug-likeness (QED) is 0.923. The second-order valence-corrected chi connectivity index (χ2v) is 4.76. The highest BCUT2D eigenvalue weighted by Crippen LogP contribution is 2.33. The first kappa shape index (κ1) is 14.7. The molecule has 2 rings (SSSR count). The Morgan fingerprint density at radius 1 is 0.950 bits per heavy atom. The van der Waals surface area contributed by atoms with Crippen LogP contribution in [-0.2, 0) is 0 Å². The van der Waals surface area contributed by atoms with E-state index in [0.29, 0.717) is 29.2 Å². The summed E-state index contributed by atoms with van der Waals surface area (Å²) in [5.74, 6) is -1.49. The summed E-state index contributed by atoms with van der Waals surface area (Å²) < 4.78 is 46.4. The zero-order chi connectivity index (χ0) is 15.0. The third-order valence-electron chi connectivity index (χ3n) is 3.53. The van der Waals surface area contributed by atoms with E-state index in [9.17, 15) is 13.2 Å². The molecule has 0 amide bonds. The minimum atomic E-state index is -0.935. The maximum absolute atomic E-state index is 14.0. The minimum Gasteiger partial charge on any atom is -0.466 e. The molecule has 1 aromatic carbocycles. The van der Waals surface area contributed by atoms with Crippen molar-refractivity contribution in [3.05, 3.63) is 57.8 Å². The number of benzene rings is 1. The predicted octanol–water partition coefficient (Wildman–Crippen LogP) is 3.93. The highest BCUT2D eigenvalue weighted by atomic mass is 19.1. The Balaban J connectivity index is 2.65. The molecule has 0 aliphatic heterocycles. The first-order valence-corrected chi connectivity index (χ1v) is 6.25. The van der Waals surface area contributed by atoms with Crippen molar-refractivity contribution >= 4 is 0 Å². The second kappa shape index (κ2) is 5.32. The van der Waals surface area contributed by atoms with Crippen molar-refractivity contribution in [2.24, 2.45) is 0 Å².